The molecule has 1 aliphatic rings. The van der Waals surface area contributed by atoms with Crippen LogP contribution in [0.5, 0.6) is 0 Å². The van der Waals surface area contributed by atoms with E-state index in [1.807, 2.05) is 12.1 Å². The smallest absolute Gasteiger partial charge is 0.234 e. The van der Waals surface area contributed by atoms with Gasteiger partial charge in [0.2, 0.25) is 5.91 Å². The number of amides is 1. The zero-order valence-electron chi connectivity index (χ0n) is 15.6. The van der Waals surface area contributed by atoms with Crippen LogP contribution >= 0.6 is 0 Å². The number of benzene rings is 1. The molecular weight excluding hydrogens is 319 g/mol. The number of nitrogens with zero attached hydrogens (tertiary/aromatic N) is 2. The first-order valence-electron chi connectivity index (χ1n) is 9.08. The third-order valence-corrected chi connectivity index (χ3v) is 4.26. The number of hydrogen-bond acceptors (Lipinski definition) is 4. The van der Waals surface area contributed by atoms with Crippen molar-refractivity contribution in [1.82, 2.24) is 15.5 Å². The Hall–Kier alpha value is -1.66. The zero-order valence-corrected chi connectivity index (χ0v) is 15.6. The highest BCUT2D eigenvalue weighted by Gasteiger charge is 2.19. The Balaban J connectivity index is 1.61. The summed E-state index contributed by atoms with van der Waals surface area (Å²) in [6.07, 6.45) is 0.932. The van der Waals surface area contributed by atoms with Crippen molar-refractivity contribution in [2.45, 2.75) is 32.7 Å². The van der Waals surface area contributed by atoms with Gasteiger partial charge in [-0.1, -0.05) is 0 Å². The van der Waals surface area contributed by atoms with Gasteiger partial charge in [-0.2, -0.15) is 0 Å². The second-order valence-corrected chi connectivity index (χ2v) is 7.62. The molecule has 0 spiro atoms. The van der Waals surface area contributed by atoms with E-state index in [0.717, 1.165) is 44.8 Å². The maximum absolute atomic E-state index is 13.0. The van der Waals surface area contributed by atoms with Crippen molar-refractivity contribution in [3.8, 4) is 0 Å². The van der Waals surface area contributed by atoms with Crippen LogP contribution < -0.4 is 15.5 Å². The van der Waals surface area contributed by atoms with E-state index in [-0.39, 0.29) is 17.3 Å². The van der Waals surface area contributed by atoms with Crippen molar-refractivity contribution in [2.75, 3.05) is 50.7 Å². The first-order valence-corrected chi connectivity index (χ1v) is 9.08. The fourth-order valence-electron chi connectivity index (χ4n) is 2.85. The molecule has 2 N–H and O–H groups in total. The van der Waals surface area contributed by atoms with Crippen LogP contribution in [0.2, 0.25) is 0 Å². The topological polar surface area (TPSA) is 47.6 Å². The van der Waals surface area contributed by atoms with E-state index in [2.05, 4.69) is 41.2 Å². The highest BCUT2D eigenvalue weighted by molar-refractivity contribution is 5.78. The third kappa shape index (κ3) is 7.40. The molecule has 25 heavy (non-hydrogen) atoms. The van der Waals surface area contributed by atoms with Gasteiger partial charge < -0.3 is 15.5 Å². The molecule has 0 saturated carbocycles. The second-order valence-electron chi connectivity index (χ2n) is 7.62. The van der Waals surface area contributed by atoms with Gasteiger partial charge in [0.25, 0.3) is 0 Å². The Morgan fingerprint density at radius 1 is 1.08 bits per heavy atom. The first-order chi connectivity index (χ1) is 11.8. The van der Waals surface area contributed by atoms with E-state index in [0.29, 0.717) is 13.1 Å². The van der Waals surface area contributed by atoms with Gasteiger partial charge in [-0.15, -0.1) is 0 Å². The second kappa shape index (κ2) is 9.15. The summed E-state index contributed by atoms with van der Waals surface area (Å²) in [5.74, 6) is -0.122. The number of carbonyl (C=O) groups is 1. The van der Waals surface area contributed by atoms with E-state index in [9.17, 15) is 9.18 Å². The summed E-state index contributed by atoms with van der Waals surface area (Å²) in [6, 6.07) is 6.60. The molecule has 6 heteroatoms. The molecule has 1 amide bonds. The van der Waals surface area contributed by atoms with E-state index in [4.69, 9.17) is 0 Å². The van der Waals surface area contributed by atoms with Crippen LogP contribution in [0.1, 0.15) is 27.2 Å². The average Bonchev–Trinajstić information content (AvgIpc) is 2.55. The summed E-state index contributed by atoms with van der Waals surface area (Å²) < 4.78 is 13.0. The fourth-order valence-corrected chi connectivity index (χ4v) is 2.85. The number of halogens is 1. The number of nitrogens with one attached hydrogen (secondary N) is 2. The van der Waals surface area contributed by atoms with Crippen molar-refractivity contribution in [3.05, 3.63) is 30.1 Å². The van der Waals surface area contributed by atoms with Crippen LogP contribution in [0.25, 0.3) is 0 Å². The molecule has 5 nitrogen and oxygen atoms in total. The molecule has 0 atom stereocenters. The fraction of sp³-hybridized carbons (Fsp3) is 0.632. The number of hydrogen-bond donors (Lipinski definition) is 2. The predicted octanol–water partition coefficient (Wildman–Crippen LogP) is 1.84. The SMILES string of the molecule is CC(C)(C)NCCCNC(=O)CN1CCN(c2ccc(F)cc2)CC1. The van der Waals surface area contributed by atoms with Gasteiger partial charge in [-0.25, -0.2) is 4.39 Å². The van der Waals surface area contributed by atoms with Gasteiger partial charge in [0.15, 0.2) is 0 Å². The molecule has 1 fully saturated rings. The van der Waals surface area contributed by atoms with Crippen molar-refractivity contribution in [1.29, 1.82) is 0 Å². The summed E-state index contributed by atoms with van der Waals surface area (Å²) in [7, 11) is 0. The molecule has 0 aromatic heterocycles. The normalized spacial score (nSPS) is 16.1. The van der Waals surface area contributed by atoms with Gasteiger partial charge in [0.05, 0.1) is 6.54 Å². The Bertz CT molecular complexity index is 533. The van der Waals surface area contributed by atoms with E-state index >= 15 is 0 Å². The van der Waals surface area contributed by atoms with Crippen molar-refractivity contribution in [2.24, 2.45) is 0 Å². The minimum atomic E-state index is -0.211. The Morgan fingerprint density at radius 2 is 1.72 bits per heavy atom. The lowest BCUT2D eigenvalue weighted by Crippen LogP contribution is -2.49. The minimum absolute atomic E-state index is 0.0889. The van der Waals surface area contributed by atoms with E-state index in [1.165, 1.54) is 12.1 Å². The van der Waals surface area contributed by atoms with Crippen molar-refractivity contribution in [3.63, 3.8) is 0 Å². The molecule has 1 aromatic carbocycles. The lowest BCUT2D eigenvalue weighted by Gasteiger charge is -2.35. The molecule has 1 heterocycles. The molecule has 0 aliphatic carbocycles. The average molecular weight is 350 g/mol. The summed E-state index contributed by atoms with van der Waals surface area (Å²) in [6.45, 7) is 11.9. The minimum Gasteiger partial charge on any atom is -0.369 e. The highest BCUT2D eigenvalue weighted by atomic mass is 19.1. The standard InChI is InChI=1S/C19H31FN4O/c1-19(2,3)22-10-4-9-21-18(25)15-23-11-13-24(14-12-23)17-7-5-16(20)6-8-17/h5-8,22H,4,9-15H2,1-3H3,(H,21,25). The molecule has 0 radical (unpaired) electrons. The van der Waals surface area contributed by atoms with Gasteiger partial charge in [0.1, 0.15) is 5.82 Å². The summed E-state index contributed by atoms with van der Waals surface area (Å²) in [5.41, 5.74) is 1.16. The predicted molar refractivity (Wildman–Crippen MR) is 100 cm³/mol. The van der Waals surface area contributed by atoms with Gasteiger partial charge in [-0.3, -0.25) is 9.69 Å². The molecule has 2 rings (SSSR count). The van der Waals surface area contributed by atoms with Crippen LogP contribution in [0.15, 0.2) is 24.3 Å². The highest BCUT2D eigenvalue weighted by Crippen LogP contribution is 2.16. The number of carbonyl (C=O) groups excluding carboxylic acids is 1. The number of rotatable bonds is 7. The summed E-state index contributed by atoms with van der Waals surface area (Å²) in [4.78, 5) is 16.4. The van der Waals surface area contributed by atoms with Gasteiger partial charge in [0, 0.05) is 44.0 Å². The first kappa shape index (κ1) is 19.7. The van der Waals surface area contributed by atoms with Crippen molar-refractivity contribution < 1.29 is 9.18 Å². The molecule has 1 aromatic rings. The lowest BCUT2D eigenvalue weighted by atomic mass is 10.1. The van der Waals surface area contributed by atoms with E-state index < -0.39 is 0 Å². The van der Waals surface area contributed by atoms with Crippen LogP contribution in [-0.2, 0) is 4.79 Å². The Morgan fingerprint density at radius 3 is 2.32 bits per heavy atom. The van der Waals surface area contributed by atoms with Gasteiger partial charge >= 0.3 is 0 Å². The van der Waals surface area contributed by atoms with Crippen LogP contribution in [0.3, 0.4) is 0 Å². The van der Waals surface area contributed by atoms with E-state index in [1.54, 1.807) is 0 Å². The maximum atomic E-state index is 13.0. The summed E-state index contributed by atoms with van der Waals surface area (Å²) >= 11 is 0. The molecule has 1 aliphatic heterocycles. The number of anilines is 1. The molecular formula is C19H31FN4O. The van der Waals surface area contributed by atoms with Crippen LogP contribution in [-0.4, -0.2) is 62.2 Å². The maximum Gasteiger partial charge on any atom is 0.234 e. The molecule has 0 unspecified atom stereocenters. The summed E-state index contributed by atoms with van der Waals surface area (Å²) in [5, 5.41) is 6.40. The monoisotopic (exact) mass is 350 g/mol. The molecule has 0 bridgehead atoms. The number of piperazine rings is 1. The molecule has 140 valence electrons. The third-order valence-electron chi connectivity index (χ3n) is 4.26. The lowest BCUT2D eigenvalue weighted by molar-refractivity contribution is -0.122. The van der Waals surface area contributed by atoms with Crippen molar-refractivity contribution >= 4 is 11.6 Å². The van der Waals surface area contributed by atoms with Crippen LogP contribution in [0.4, 0.5) is 10.1 Å². The zero-order chi connectivity index (χ0) is 18.3. The van der Waals surface area contributed by atoms with Gasteiger partial charge in [-0.05, 0) is 58.0 Å². The Kier molecular flexibility index (Phi) is 7.20. The molecule has 1 saturated heterocycles. The Labute approximate surface area is 150 Å². The van der Waals surface area contributed by atoms with Crippen LogP contribution in [0, 0.1) is 5.82 Å². The largest absolute Gasteiger partial charge is 0.369 e. The quantitative estimate of drug-likeness (QED) is 0.737.